The summed E-state index contributed by atoms with van der Waals surface area (Å²) in [6.07, 6.45) is 7.53. The van der Waals surface area contributed by atoms with Crippen molar-refractivity contribution >= 4 is 33.6 Å². The van der Waals surface area contributed by atoms with Crippen molar-refractivity contribution in [3.05, 3.63) is 59.0 Å². The van der Waals surface area contributed by atoms with Crippen LogP contribution in [0.3, 0.4) is 0 Å². The van der Waals surface area contributed by atoms with Crippen molar-refractivity contribution in [2.75, 3.05) is 24.5 Å². The molecule has 1 amide bonds. The van der Waals surface area contributed by atoms with Gasteiger partial charge in [0.2, 0.25) is 5.95 Å². The second-order valence-corrected chi connectivity index (χ2v) is 9.09. The molecule has 0 bridgehead atoms. The predicted molar refractivity (Wildman–Crippen MR) is 117 cm³/mol. The summed E-state index contributed by atoms with van der Waals surface area (Å²) in [6, 6.07) is 9.74. The van der Waals surface area contributed by atoms with Crippen molar-refractivity contribution in [2.24, 2.45) is 17.8 Å². The summed E-state index contributed by atoms with van der Waals surface area (Å²) in [7, 11) is 0. The molecule has 1 aliphatic carbocycles. The zero-order valence-corrected chi connectivity index (χ0v) is 18.2. The Hall–Kier alpha value is -2.61. The largest absolute Gasteiger partial charge is 0.445 e. The molecule has 156 valence electrons. The average Bonchev–Trinajstić information content (AvgIpc) is 3.47. The molecule has 1 saturated heterocycles. The number of alkyl carbamates (subject to hydrolysis) is 1. The Morgan fingerprint density at radius 2 is 1.93 bits per heavy atom. The van der Waals surface area contributed by atoms with Gasteiger partial charge in [-0.2, -0.15) is 0 Å². The third-order valence-electron chi connectivity index (χ3n) is 6.24. The summed E-state index contributed by atoms with van der Waals surface area (Å²) in [6.45, 7) is 2.99. The monoisotopic (exact) mass is 469 g/mol. The molecule has 2 aliphatic rings. The normalized spacial score (nSPS) is 23.0. The Bertz CT molecular complexity index is 1030. The van der Waals surface area contributed by atoms with Crippen LogP contribution in [0, 0.1) is 17.8 Å². The van der Waals surface area contributed by atoms with Gasteiger partial charge in [-0.25, -0.2) is 14.8 Å². The second-order valence-electron chi connectivity index (χ2n) is 8.23. The number of nitrogens with one attached hydrogen (secondary N) is 1. The van der Waals surface area contributed by atoms with Crippen LogP contribution in [0.15, 0.2) is 53.4 Å². The van der Waals surface area contributed by atoms with E-state index in [4.69, 9.17) is 4.74 Å². The number of benzene rings is 1. The Balaban J connectivity index is 1.11. The summed E-state index contributed by atoms with van der Waals surface area (Å²) in [5, 5.41) is 2.95. The fraction of sp³-hybridized carbons (Fsp3) is 0.409. The number of fused-ring (bicyclic) bond motifs is 2. The minimum Gasteiger partial charge on any atom is -0.445 e. The van der Waals surface area contributed by atoms with Crippen LogP contribution in [0.2, 0.25) is 0 Å². The van der Waals surface area contributed by atoms with Crippen molar-refractivity contribution in [1.82, 2.24) is 19.7 Å². The number of aromatic nitrogens is 3. The van der Waals surface area contributed by atoms with Crippen molar-refractivity contribution in [3.63, 3.8) is 0 Å². The highest BCUT2D eigenvalue weighted by Crippen LogP contribution is 2.42. The van der Waals surface area contributed by atoms with Gasteiger partial charge in [-0.05, 0) is 52.1 Å². The molecule has 8 heteroatoms. The molecule has 3 heterocycles. The number of carbonyl (C=O) groups excluding carboxylic acids is 1. The lowest BCUT2D eigenvalue weighted by Crippen LogP contribution is -2.30. The molecule has 0 spiro atoms. The fourth-order valence-corrected chi connectivity index (χ4v) is 5.26. The highest BCUT2D eigenvalue weighted by atomic mass is 79.9. The number of anilines is 1. The number of ether oxygens (including phenoxy) is 1. The maximum Gasteiger partial charge on any atom is 0.407 e. The molecule has 5 rings (SSSR count). The van der Waals surface area contributed by atoms with E-state index in [-0.39, 0.29) is 6.09 Å². The van der Waals surface area contributed by atoms with Gasteiger partial charge in [-0.1, -0.05) is 30.3 Å². The molecule has 2 fully saturated rings. The first-order valence-electron chi connectivity index (χ1n) is 10.3. The fourth-order valence-electron chi connectivity index (χ4n) is 4.87. The molecule has 3 aromatic rings. The van der Waals surface area contributed by atoms with Crippen LogP contribution in [0.4, 0.5) is 10.7 Å². The number of rotatable bonds is 5. The summed E-state index contributed by atoms with van der Waals surface area (Å²) >= 11 is 3.52. The molecular formula is C22H24BrN5O2. The van der Waals surface area contributed by atoms with E-state index in [2.05, 4.69) is 36.1 Å². The van der Waals surface area contributed by atoms with E-state index < -0.39 is 0 Å². The molecule has 0 radical (unpaired) electrons. The van der Waals surface area contributed by atoms with Crippen molar-refractivity contribution < 1.29 is 9.53 Å². The second kappa shape index (κ2) is 8.26. The van der Waals surface area contributed by atoms with E-state index in [0.29, 0.717) is 30.9 Å². The van der Waals surface area contributed by atoms with E-state index in [9.17, 15) is 4.79 Å². The number of hydrogen-bond donors (Lipinski definition) is 1. The van der Waals surface area contributed by atoms with Crippen LogP contribution in [-0.2, 0) is 11.3 Å². The quantitative estimate of drug-likeness (QED) is 0.613. The number of amides is 1. The number of nitrogens with zero attached hydrogens (tertiary/aromatic N) is 4. The molecule has 1 saturated carbocycles. The first-order chi connectivity index (χ1) is 14.7. The van der Waals surface area contributed by atoms with Crippen LogP contribution in [0.5, 0.6) is 0 Å². The van der Waals surface area contributed by atoms with E-state index in [0.717, 1.165) is 47.6 Å². The van der Waals surface area contributed by atoms with Gasteiger partial charge in [-0.3, -0.25) is 4.40 Å². The molecular weight excluding hydrogens is 446 g/mol. The molecule has 1 aliphatic heterocycles. The lowest BCUT2D eigenvalue weighted by atomic mass is 10.0. The maximum absolute atomic E-state index is 12.0. The molecule has 30 heavy (non-hydrogen) atoms. The van der Waals surface area contributed by atoms with Gasteiger partial charge in [0.05, 0.1) is 4.47 Å². The van der Waals surface area contributed by atoms with Crippen LogP contribution in [-0.4, -0.2) is 40.1 Å². The SMILES string of the molecule is O=C(NCC1CC2CN(c3ncc(Br)c4nccn34)CC2C1)OCc1ccccc1. The number of hydrogen-bond acceptors (Lipinski definition) is 5. The van der Waals surface area contributed by atoms with E-state index in [1.54, 1.807) is 6.20 Å². The standard InChI is InChI=1S/C22H24BrN5O2/c23-19-11-25-21(28-7-6-24-20(19)28)27-12-17-8-16(9-18(17)13-27)10-26-22(29)30-14-15-4-2-1-3-5-15/h1-7,11,16-18H,8-10,12-14H2,(H,26,29). The van der Waals surface area contributed by atoms with Gasteiger partial charge < -0.3 is 15.0 Å². The highest BCUT2D eigenvalue weighted by molar-refractivity contribution is 9.10. The Labute approximate surface area is 183 Å². The molecule has 1 N–H and O–H groups in total. The molecule has 2 unspecified atom stereocenters. The van der Waals surface area contributed by atoms with Gasteiger partial charge in [0.1, 0.15) is 6.61 Å². The van der Waals surface area contributed by atoms with Gasteiger partial charge in [0.15, 0.2) is 5.65 Å². The van der Waals surface area contributed by atoms with Crippen LogP contribution in [0.1, 0.15) is 18.4 Å². The number of carbonyl (C=O) groups is 1. The Morgan fingerprint density at radius 1 is 1.17 bits per heavy atom. The van der Waals surface area contributed by atoms with Gasteiger partial charge in [0, 0.05) is 38.2 Å². The molecule has 1 aromatic carbocycles. The number of imidazole rings is 1. The van der Waals surface area contributed by atoms with Crippen LogP contribution < -0.4 is 10.2 Å². The minimum absolute atomic E-state index is 0.306. The summed E-state index contributed by atoms with van der Waals surface area (Å²) in [4.78, 5) is 23.4. The van der Waals surface area contributed by atoms with Crippen molar-refractivity contribution in [2.45, 2.75) is 19.4 Å². The van der Waals surface area contributed by atoms with E-state index in [1.165, 1.54) is 0 Å². The lowest BCUT2D eigenvalue weighted by Gasteiger charge is -2.21. The topological polar surface area (TPSA) is 71.8 Å². The van der Waals surface area contributed by atoms with Crippen LogP contribution >= 0.6 is 15.9 Å². The molecule has 2 atom stereocenters. The molecule has 7 nitrogen and oxygen atoms in total. The van der Waals surface area contributed by atoms with E-state index >= 15 is 0 Å². The highest BCUT2D eigenvalue weighted by Gasteiger charge is 2.41. The van der Waals surface area contributed by atoms with Gasteiger partial charge >= 0.3 is 6.09 Å². The van der Waals surface area contributed by atoms with Gasteiger partial charge in [-0.15, -0.1) is 0 Å². The van der Waals surface area contributed by atoms with Crippen LogP contribution in [0.25, 0.3) is 5.65 Å². The Morgan fingerprint density at radius 3 is 2.70 bits per heavy atom. The van der Waals surface area contributed by atoms with Crippen molar-refractivity contribution in [1.29, 1.82) is 0 Å². The third kappa shape index (κ3) is 3.88. The summed E-state index contributed by atoms with van der Waals surface area (Å²) in [5.74, 6) is 2.75. The first kappa shape index (κ1) is 19.4. The lowest BCUT2D eigenvalue weighted by molar-refractivity contribution is 0.138. The average molecular weight is 470 g/mol. The van der Waals surface area contributed by atoms with Gasteiger partial charge in [0.25, 0.3) is 0 Å². The van der Waals surface area contributed by atoms with E-state index in [1.807, 2.05) is 47.1 Å². The maximum atomic E-state index is 12.0. The Kier molecular flexibility index (Phi) is 5.33. The smallest absolute Gasteiger partial charge is 0.407 e. The zero-order chi connectivity index (χ0) is 20.5. The summed E-state index contributed by atoms with van der Waals surface area (Å²) < 4.78 is 8.27. The van der Waals surface area contributed by atoms with Crippen molar-refractivity contribution in [3.8, 4) is 0 Å². The predicted octanol–water partition coefficient (Wildman–Crippen LogP) is 3.88. The zero-order valence-electron chi connectivity index (χ0n) is 16.6. The number of halogens is 1. The molecule has 2 aromatic heterocycles. The summed E-state index contributed by atoms with van der Waals surface area (Å²) in [5.41, 5.74) is 1.89. The first-order valence-corrected chi connectivity index (χ1v) is 11.1. The minimum atomic E-state index is -0.334. The third-order valence-corrected chi connectivity index (χ3v) is 6.80.